The third-order valence-corrected chi connectivity index (χ3v) is 0.566. The molecule has 0 aliphatic rings. The van der Waals surface area contributed by atoms with Gasteiger partial charge in [-0.1, -0.05) is 12.1 Å². The van der Waals surface area contributed by atoms with Crippen LogP contribution in [0.15, 0.2) is 43.2 Å². The molecule has 0 fully saturated rings. The van der Waals surface area contributed by atoms with Crippen LogP contribution >= 0.6 is 0 Å². The Bertz CT molecular complexity index is 113. The molecule has 0 aliphatic carbocycles. The highest BCUT2D eigenvalue weighted by molar-refractivity contribution is 4.88. The zero-order chi connectivity index (χ0) is 8.95. The number of hydrogen-bond donors (Lipinski definition) is 0. The molecule has 0 unspecified atom stereocenters. The van der Waals surface area contributed by atoms with Gasteiger partial charge < -0.3 is 0 Å². The molecule has 0 saturated carbocycles. The molecule has 11 heavy (non-hydrogen) atoms. The van der Waals surface area contributed by atoms with E-state index in [4.69, 9.17) is 0 Å². The maximum Gasteiger partial charge on any atom is 0.0785 e. The number of hydrogen-bond acceptors (Lipinski definition) is 1. The normalized spacial score (nSPS) is 6.09. The lowest BCUT2D eigenvalue weighted by atomic mass is 10.5. The Morgan fingerprint density at radius 1 is 1.18 bits per heavy atom. The van der Waals surface area contributed by atoms with Crippen LogP contribution in [0.2, 0.25) is 0 Å². The molecular formula is C9H14FN. The van der Waals surface area contributed by atoms with E-state index in [0.29, 0.717) is 7.18 Å². The molecule has 0 spiro atoms. The first-order valence-electron chi connectivity index (χ1n) is 3.21. The van der Waals surface area contributed by atoms with Gasteiger partial charge in [-0.15, -0.1) is 6.58 Å². The molecule has 1 rings (SSSR count). The molecule has 62 valence electrons. The van der Waals surface area contributed by atoms with Crippen molar-refractivity contribution in [3.63, 3.8) is 0 Å². The maximum absolute atomic E-state index is 9.50. The Kier molecular flexibility index (Phi) is 18.1. The van der Waals surface area contributed by atoms with Crippen molar-refractivity contribution < 1.29 is 4.39 Å². The largest absolute Gasteiger partial charge is 0.265 e. The summed E-state index contributed by atoms with van der Waals surface area (Å²) in [5.41, 5.74) is 0. The molecule has 2 heteroatoms. The van der Waals surface area contributed by atoms with Crippen molar-refractivity contribution in [3.05, 3.63) is 43.2 Å². The Labute approximate surface area is 67.6 Å². The van der Waals surface area contributed by atoms with E-state index < -0.39 is 0 Å². The van der Waals surface area contributed by atoms with Gasteiger partial charge in [0.1, 0.15) is 0 Å². The number of aromatic nitrogens is 1. The highest BCUT2D eigenvalue weighted by atomic mass is 18.2. The minimum atomic E-state index is 0.500. The number of allylic oxidation sites excluding steroid dienone is 1. The van der Waals surface area contributed by atoms with Crippen molar-refractivity contribution in [3.8, 4) is 0 Å². The minimum absolute atomic E-state index is 0.500. The molecule has 0 aromatic carbocycles. The van der Waals surface area contributed by atoms with Crippen molar-refractivity contribution >= 4 is 0 Å². The maximum atomic E-state index is 9.50. The van der Waals surface area contributed by atoms with E-state index in [0.717, 1.165) is 0 Å². The van der Waals surface area contributed by atoms with E-state index in [-0.39, 0.29) is 0 Å². The Hall–Kier alpha value is -1.18. The van der Waals surface area contributed by atoms with Gasteiger partial charge in [-0.25, -0.2) is 0 Å². The lowest BCUT2D eigenvalue weighted by molar-refractivity contribution is 0.636. The van der Waals surface area contributed by atoms with E-state index in [1.165, 1.54) is 0 Å². The highest BCUT2D eigenvalue weighted by Gasteiger charge is 1.58. The van der Waals surface area contributed by atoms with Crippen LogP contribution in [-0.4, -0.2) is 12.2 Å². The zero-order valence-electron chi connectivity index (χ0n) is 7.00. The summed E-state index contributed by atoms with van der Waals surface area (Å²) in [5.74, 6) is 0. The van der Waals surface area contributed by atoms with Gasteiger partial charge in [0, 0.05) is 12.4 Å². The Balaban J connectivity index is 0. The molecule has 0 saturated heterocycles. The summed E-state index contributed by atoms with van der Waals surface area (Å²) >= 11 is 0. The van der Waals surface area contributed by atoms with Gasteiger partial charge in [-0.3, -0.25) is 9.37 Å². The Morgan fingerprint density at radius 3 is 1.64 bits per heavy atom. The number of rotatable bonds is 0. The number of pyridine rings is 1. The molecule has 1 heterocycles. The quantitative estimate of drug-likeness (QED) is 0.523. The second kappa shape index (κ2) is 15.9. The first kappa shape index (κ1) is 12.5. The predicted octanol–water partition coefficient (Wildman–Crippen LogP) is 2.86. The van der Waals surface area contributed by atoms with Crippen LogP contribution in [0.5, 0.6) is 0 Å². The molecular weight excluding hydrogens is 140 g/mol. The van der Waals surface area contributed by atoms with E-state index in [2.05, 4.69) is 11.6 Å². The van der Waals surface area contributed by atoms with Gasteiger partial charge in [0.15, 0.2) is 0 Å². The topological polar surface area (TPSA) is 12.9 Å². The van der Waals surface area contributed by atoms with Crippen LogP contribution in [-0.2, 0) is 0 Å². The SMILES string of the molecule is C=CC.C[18F].c1ccncc1. The summed E-state index contributed by atoms with van der Waals surface area (Å²) in [7, 11) is 0.500. The second-order valence-corrected chi connectivity index (χ2v) is 1.43. The second-order valence-electron chi connectivity index (χ2n) is 1.43. The lowest BCUT2D eigenvalue weighted by Gasteiger charge is -1.70. The lowest BCUT2D eigenvalue weighted by Crippen LogP contribution is -1.58. The van der Waals surface area contributed by atoms with Gasteiger partial charge in [-0.2, -0.15) is 0 Å². The monoisotopic (exact) mass is 154 g/mol. The third-order valence-electron chi connectivity index (χ3n) is 0.566. The first-order valence-corrected chi connectivity index (χ1v) is 3.21. The standard InChI is InChI=1S/C5H5N.C3H6.CH3F/c1-2-4-6-5-3-1;1-3-2;1-2/h1-5H;3H,1H2,2H3;1H3/i;;2-1. The van der Waals surface area contributed by atoms with Crippen LogP contribution in [0.1, 0.15) is 6.92 Å². The van der Waals surface area contributed by atoms with Gasteiger partial charge in [-0.05, 0) is 19.1 Å². The van der Waals surface area contributed by atoms with Gasteiger partial charge in [0.05, 0.1) is 7.18 Å². The summed E-state index contributed by atoms with van der Waals surface area (Å²) in [6.45, 7) is 5.25. The molecule has 0 radical (unpaired) electrons. The Morgan fingerprint density at radius 2 is 1.55 bits per heavy atom. The van der Waals surface area contributed by atoms with E-state index in [1.807, 2.05) is 25.1 Å². The molecule has 1 aromatic rings. The van der Waals surface area contributed by atoms with Crippen molar-refractivity contribution in [2.45, 2.75) is 6.92 Å². The van der Waals surface area contributed by atoms with Crippen LogP contribution in [0.4, 0.5) is 4.39 Å². The number of halogens is 1. The number of nitrogens with zero attached hydrogens (tertiary/aromatic N) is 1. The fourth-order valence-electron chi connectivity index (χ4n) is 0.313. The van der Waals surface area contributed by atoms with Crippen LogP contribution in [0.3, 0.4) is 0 Å². The van der Waals surface area contributed by atoms with E-state index >= 15 is 0 Å². The van der Waals surface area contributed by atoms with Crippen LogP contribution in [0.25, 0.3) is 0 Å². The molecule has 1 nitrogen and oxygen atoms in total. The fraction of sp³-hybridized carbons (Fsp3) is 0.222. The average molecular weight is 154 g/mol. The molecule has 0 atom stereocenters. The van der Waals surface area contributed by atoms with Crippen molar-refractivity contribution in [2.24, 2.45) is 0 Å². The molecule has 0 N–H and O–H groups in total. The van der Waals surface area contributed by atoms with Crippen molar-refractivity contribution in [1.82, 2.24) is 4.98 Å². The van der Waals surface area contributed by atoms with Gasteiger partial charge in [0.2, 0.25) is 0 Å². The summed E-state index contributed by atoms with van der Waals surface area (Å²) in [4.78, 5) is 3.78. The molecule has 0 aliphatic heterocycles. The molecule has 1 aromatic heterocycles. The van der Waals surface area contributed by atoms with Crippen LogP contribution in [0, 0.1) is 0 Å². The third kappa shape index (κ3) is 17.7. The minimum Gasteiger partial charge on any atom is -0.265 e. The van der Waals surface area contributed by atoms with E-state index in [1.54, 1.807) is 18.5 Å². The van der Waals surface area contributed by atoms with Gasteiger partial charge in [0.25, 0.3) is 0 Å². The van der Waals surface area contributed by atoms with E-state index in [9.17, 15) is 4.39 Å². The number of alkyl halides is 1. The molecule has 0 amide bonds. The summed E-state index contributed by atoms with van der Waals surface area (Å²) < 4.78 is 9.50. The summed E-state index contributed by atoms with van der Waals surface area (Å²) in [6, 6.07) is 5.72. The fourth-order valence-corrected chi connectivity index (χ4v) is 0.313. The summed E-state index contributed by atoms with van der Waals surface area (Å²) in [5, 5.41) is 0. The molecule has 0 bridgehead atoms. The van der Waals surface area contributed by atoms with Crippen molar-refractivity contribution in [1.29, 1.82) is 0 Å². The first-order chi connectivity index (χ1) is 5.41. The van der Waals surface area contributed by atoms with Crippen LogP contribution < -0.4 is 0 Å². The average Bonchev–Trinajstić information content (AvgIpc) is 2.12. The smallest absolute Gasteiger partial charge is 0.0785 e. The zero-order valence-corrected chi connectivity index (χ0v) is 7.00. The predicted molar refractivity (Wildman–Crippen MR) is 47.1 cm³/mol. The summed E-state index contributed by atoms with van der Waals surface area (Å²) in [6.07, 6.45) is 5.25. The highest BCUT2D eigenvalue weighted by Crippen LogP contribution is 1.73. The van der Waals surface area contributed by atoms with Gasteiger partial charge >= 0.3 is 0 Å². The van der Waals surface area contributed by atoms with Crippen molar-refractivity contribution in [2.75, 3.05) is 7.18 Å².